The fourth-order valence-electron chi connectivity index (χ4n) is 4.99. The maximum absolute atomic E-state index is 12.1. The van der Waals surface area contributed by atoms with E-state index >= 15 is 0 Å². The summed E-state index contributed by atoms with van der Waals surface area (Å²) in [6.07, 6.45) is 5.21. The van der Waals surface area contributed by atoms with Crippen molar-refractivity contribution in [2.75, 3.05) is 26.4 Å². The van der Waals surface area contributed by atoms with Gasteiger partial charge in [-0.25, -0.2) is 0 Å². The predicted molar refractivity (Wildman–Crippen MR) is 169 cm³/mol. The lowest BCUT2D eigenvalue weighted by molar-refractivity contribution is -0.332. The third-order valence-corrected chi connectivity index (χ3v) is 7.86. The van der Waals surface area contributed by atoms with Gasteiger partial charge in [0.2, 0.25) is 0 Å². The van der Waals surface area contributed by atoms with Gasteiger partial charge in [-0.3, -0.25) is 4.79 Å². The van der Waals surface area contributed by atoms with Crippen molar-refractivity contribution in [1.82, 2.24) is 0 Å². The van der Waals surface area contributed by atoms with Crippen LogP contribution in [0.25, 0.3) is 0 Å². The zero-order valence-electron chi connectivity index (χ0n) is 27.2. The zero-order valence-corrected chi connectivity index (χ0v) is 27.2. The molecule has 0 aromatic carbocycles. The highest BCUT2D eigenvalue weighted by atomic mass is 16.7. The molecule has 14 nitrogen and oxygen atoms in total. The van der Waals surface area contributed by atoms with Crippen LogP contribution in [-0.4, -0.2) is 141 Å². The quantitative estimate of drug-likeness (QED) is 0.0433. The van der Waals surface area contributed by atoms with Gasteiger partial charge in [0.15, 0.2) is 12.6 Å². The first kappa shape index (κ1) is 41.4. The number of rotatable bonds is 22. The molecule has 2 aliphatic heterocycles. The summed E-state index contributed by atoms with van der Waals surface area (Å²) in [6, 6.07) is 0. The molecular formula is C33H56O14. The number of unbranched alkanes of at least 4 members (excludes halogenated alkanes) is 5. The van der Waals surface area contributed by atoms with Gasteiger partial charge in [-0.1, -0.05) is 62.6 Å². The average Bonchev–Trinajstić information content (AvgIpc) is 3.06. The Morgan fingerprint density at radius 2 is 1.23 bits per heavy atom. The Kier molecular flexibility index (Phi) is 20.7. The van der Waals surface area contributed by atoms with Gasteiger partial charge in [0.25, 0.3) is 0 Å². The summed E-state index contributed by atoms with van der Waals surface area (Å²) >= 11 is 0. The van der Waals surface area contributed by atoms with E-state index in [1.54, 1.807) is 0 Å². The molecule has 0 aromatic heterocycles. The third kappa shape index (κ3) is 15.1. The van der Waals surface area contributed by atoms with Crippen LogP contribution in [0.1, 0.15) is 71.1 Å². The maximum Gasteiger partial charge on any atom is 0.305 e. The molecule has 14 heteroatoms. The summed E-state index contributed by atoms with van der Waals surface area (Å²) < 4.78 is 26.6. The summed E-state index contributed by atoms with van der Waals surface area (Å²) in [5.41, 5.74) is 0. The van der Waals surface area contributed by atoms with Crippen molar-refractivity contribution < 1.29 is 69.3 Å². The van der Waals surface area contributed by atoms with E-state index in [0.717, 1.165) is 51.4 Å². The van der Waals surface area contributed by atoms with Crippen LogP contribution in [0, 0.1) is 0 Å². The molecule has 0 radical (unpaired) electrons. The van der Waals surface area contributed by atoms with E-state index in [9.17, 15) is 45.6 Å². The van der Waals surface area contributed by atoms with Gasteiger partial charge in [0.1, 0.15) is 61.5 Å². The fourth-order valence-corrected chi connectivity index (χ4v) is 4.99. The molecule has 8 N–H and O–H groups in total. The van der Waals surface area contributed by atoms with E-state index in [2.05, 4.69) is 43.4 Å². The van der Waals surface area contributed by atoms with Crippen LogP contribution in [0.3, 0.4) is 0 Å². The van der Waals surface area contributed by atoms with Gasteiger partial charge in [-0.2, -0.15) is 0 Å². The SMILES string of the molecule is CCC=CCC=CCC=CCCCCCCCC(=O)OC[C@@H](O)CO[C@@H]1O[C@H](CO[C@H]2O[C@H](CO)[C@H](O)[C@H](O)[C@H]2O)[C@H](O)[C@H](O)[C@H]1O. The Balaban J connectivity index is 1.59. The summed E-state index contributed by atoms with van der Waals surface area (Å²) in [4.78, 5) is 12.1. The monoisotopic (exact) mass is 676 g/mol. The molecular weight excluding hydrogens is 620 g/mol. The normalized spacial score (nSPS) is 32.4. The molecule has 2 saturated heterocycles. The van der Waals surface area contributed by atoms with E-state index < -0.39 is 93.3 Å². The largest absolute Gasteiger partial charge is 0.463 e. The second-order valence-electron chi connectivity index (χ2n) is 11.8. The first-order chi connectivity index (χ1) is 22.6. The van der Waals surface area contributed by atoms with Crippen molar-refractivity contribution in [1.29, 1.82) is 0 Å². The van der Waals surface area contributed by atoms with Crippen molar-refractivity contribution in [3.05, 3.63) is 36.5 Å². The summed E-state index contributed by atoms with van der Waals surface area (Å²) in [5, 5.41) is 80.3. The van der Waals surface area contributed by atoms with Gasteiger partial charge in [-0.05, 0) is 38.5 Å². The number of ether oxygens (including phenoxy) is 5. The molecule has 2 heterocycles. The Morgan fingerprint density at radius 3 is 1.89 bits per heavy atom. The predicted octanol–water partition coefficient (Wildman–Crippen LogP) is 0.121. The Morgan fingerprint density at radius 1 is 0.681 bits per heavy atom. The molecule has 0 aliphatic carbocycles. The number of carbonyl (C=O) groups excluding carboxylic acids is 1. The van der Waals surface area contributed by atoms with Gasteiger partial charge < -0.3 is 64.5 Å². The van der Waals surface area contributed by atoms with Crippen LogP contribution in [0.4, 0.5) is 0 Å². The lowest BCUT2D eigenvalue weighted by Gasteiger charge is -2.42. The molecule has 47 heavy (non-hydrogen) atoms. The lowest BCUT2D eigenvalue weighted by Crippen LogP contribution is -2.61. The van der Waals surface area contributed by atoms with Crippen LogP contribution in [0.15, 0.2) is 36.5 Å². The molecule has 2 aliphatic rings. The van der Waals surface area contributed by atoms with Crippen LogP contribution >= 0.6 is 0 Å². The molecule has 0 amide bonds. The molecule has 2 fully saturated rings. The van der Waals surface area contributed by atoms with Crippen LogP contribution < -0.4 is 0 Å². The average molecular weight is 677 g/mol. The summed E-state index contributed by atoms with van der Waals surface area (Å²) in [7, 11) is 0. The standard InChI is InChI=1S/C33H56O14/c1-2-3-4-5-6-7-8-9-10-11-12-13-14-15-16-17-25(36)43-19-22(35)20-44-32-31(42)29(40)27(38)24(47-32)21-45-33-30(41)28(39)26(37)23(18-34)46-33/h3-4,6-7,9-10,22-24,26-35,37-42H,2,5,8,11-21H2,1H3/t22-,23-,24-,26+,27+,28+,29+,30-,31-,32-,33+/m1/s1. The van der Waals surface area contributed by atoms with Crippen LogP contribution in [0.5, 0.6) is 0 Å². The molecule has 2 rings (SSSR count). The van der Waals surface area contributed by atoms with Crippen LogP contribution in [0.2, 0.25) is 0 Å². The minimum atomic E-state index is -1.73. The first-order valence-corrected chi connectivity index (χ1v) is 16.6. The molecule has 0 unspecified atom stereocenters. The number of aliphatic hydroxyl groups is 8. The maximum atomic E-state index is 12.1. The minimum absolute atomic E-state index is 0.220. The fraction of sp³-hybridized carbons (Fsp3) is 0.788. The highest BCUT2D eigenvalue weighted by Gasteiger charge is 2.47. The second-order valence-corrected chi connectivity index (χ2v) is 11.8. The topological polar surface area (TPSA) is 225 Å². The Bertz CT molecular complexity index is 927. The summed E-state index contributed by atoms with van der Waals surface area (Å²) in [5.74, 6) is -0.455. The lowest BCUT2D eigenvalue weighted by atomic mass is 9.98. The van der Waals surface area contributed by atoms with E-state index in [1.807, 2.05) is 0 Å². The molecule has 0 saturated carbocycles. The number of esters is 1. The smallest absolute Gasteiger partial charge is 0.305 e. The van der Waals surface area contributed by atoms with E-state index in [4.69, 9.17) is 23.7 Å². The van der Waals surface area contributed by atoms with Crippen LogP contribution in [-0.2, 0) is 28.5 Å². The highest BCUT2D eigenvalue weighted by Crippen LogP contribution is 2.26. The molecule has 0 aromatic rings. The Labute approximate surface area is 276 Å². The molecule has 0 bridgehead atoms. The number of aliphatic hydroxyl groups excluding tert-OH is 8. The van der Waals surface area contributed by atoms with Crippen molar-refractivity contribution >= 4 is 5.97 Å². The van der Waals surface area contributed by atoms with Gasteiger partial charge in [0.05, 0.1) is 19.8 Å². The van der Waals surface area contributed by atoms with Gasteiger partial charge >= 0.3 is 5.97 Å². The van der Waals surface area contributed by atoms with Crippen molar-refractivity contribution in [3.63, 3.8) is 0 Å². The van der Waals surface area contributed by atoms with E-state index in [1.165, 1.54) is 0 Å². The number of hydrogen-bond acceptors (Lipinski definition) is 14. The van der Waals surface area contributed by atoms with Gasteiger partial charge in [0, 0.05) is 6.42 Å². The number of hydrogen-bond donors (Lipinski definition) is 8. The number of carbonyl (C=O) groups is 1. The molecule has 11 atom stereocenters. The van der Waals surface area contributed by atoms with E-state index in [0.29, 0.717) is 6.42 Å². The number of allylic oxidation sites excluding steroid dienone is 6. The Hall–Kier alpha value is -1.79. The van der Waals surface area contributed by atoms with Crippen molar-refractivity contribution in [3.8, 4) is 0 Å². The third-order valence-electron chi connectivity index (χ3n) is 7.86. The minimum Gasteiger partial charge on any atom is -0.463 e. The van der Waals surface area contributed by atoms with Crippen molar-refractivity contribution in [2.45, 2.75) is 139 Å². The summed E-state index contributed by atoms with van der Waals surface area (Å²) in [6.45, 7) is 0.155. The van der Waals surface area contributed by atoms with E-state index in [-0.39, 0.29) is 13.0 Å². The molecule has 272 valence electrons. The van der Waals surface area contributed by atoms with Gasteiger partial charge in [-0.15, -0.1) is 0 Å². The highest BCUT2D eigenvalue weighted by molar-refractivity contribution is 5.69. The zero-order chi connectivity index (χ0) is 34.6. The molecule has 0 spiro atoms. The first-order valence-electron chi connectivity index (χ1n) is 16.6. The second kappa shape index (κ2) is 23.5. The van der Waals surface area contributed by atoms with Crippen molar-refractivity contribution in [2.24, 2.45) is 0 Å².